The molecule has 0 aliphatic rings. The monoisotopic (exact) mass is 903 g/mol. The van der Waals surface area contributed by atoms with Crippen molar-refractivity contribution in [3.63, 3.8) is 0 Å². The average molecular weight is 904 g/mol. The minimum Gasteiger partial charge on any atom is -0.456 e. The Labute approximate surface area is 404 Å². The van der Waals surface area contributed by atoms with Crippen LogP contribution in [0.15, 0.2) is 242 Å². The van der Waals surface area contributed by atoms with E-state index in [1.54, 1.807) is 6.20 Å². The Morgan fingerprint density at radius 2 is 0.757 bits per heavy atom. The third-order valence-electron chi connectivity index (χ3n) is 12.7. The largest absolute Gasteiger partial charge is 0.456 e. The molecule has 8 heteroatoms. The van der Waals surface area contributed by atoms with Gasteiger partial charge in [0.25, 0.3) is 0 Å². The van der Waals surface area contributed by atoms with E-state index in [0.717, 1.165) is 122 Å². The van der Waals surface area contributed by atoms with Gasteiger partial charge in [0, 0.05) is 86.2 Å². The number of fused-ring (bicyclic) bond motifs is 6. The van der Waals surface area contributed by atoms with E-state index in [1.807, 2.05) is 111 Å². The number of hydrogen-bond donors (Lipinski definition) is 1. The fourth-order valence-electron chi connectivity index (χ4n) is 9.46. The highest BCUT2D eigenvalue weighted by molar-refractivity contribution is 6.13. The Morgan fingerprint density at radius 1 is 0.329 bits per heavy atom. The van der Waals surface area contributed by atoms with Crippen molar-refractivity contribution in [3.8, 4) is 73.0 Å². The smallest absolute Gasteiger partial charge is 0.136 e. The number of aromatic nitrogens is 6. The van der Waals surface area contributed by atoms with Gasteiger partial charge in [0.1, 0.15) is 11.2 Å². The summed E-state index contributed by atoms with van der Waals surface area (Å²) in [5.74, 6) is 0. The molecule has 8 nitrogen and oxygen atoms in total. The zero-order valence-electron chi connectivity index (χ0n) is 38.3. The predicted octanol–water partition coefficient (Wildman–Crippen LogP) is 15.8. The molecule has 0 atom stereocenters. The molecule has 0 bridgehead atoms. The normalized spacial score (nSPS) is 11.1. The van der Waals surface area contributed by atoms with E-state index in [-0.39, 0.29) is 6.15 Å². The van der Waals surface area contributed by atoms with Crippen molar-refractivity contribution in [2.24, 2.45) is 0 Å². The minimum atomic E-state index is 0. The lowest BCUT2D eigenvalue weighted by atomic mass is 9.94. The summed E-state index contributed by atoms with van der Waals surface area (Å²) in [7, 11) is 0. The molecule has 0 amide bonds. The van der Waals surface area contributed by atoms with Crippen molar-refractivity contribution in [1.29, 1.82) is 0 Å². The number of hydrogen-bond acceptors (Lipinski definition) is 7. The van der Waals surface area contributed by atoms with Crippen molar-refractivity contribution in [2.75, 3.05) is 0 Å². The van der Waals surface area contributed by atoms with Crippen LogP contribution in [-0.2, 0) is 0 Å². The van der Waals surface area contributed by atoms with Crippen molar-refractivity contribution in [1.82, 2.24) is 35.6 Å². The summed E-state index contributed by atoms with van der Waals surface area (Å²) in [6.45, 7) is 1.97. The maximum absolute atomic E-state index is 6.61. The van der Waals surface area contributed by atoms with E-state index in [4.69, 9.17) is 24.4 Å². The summed E-state index contributed by atoms with van der Waals surface area (Å²) >= 11 is 0. The summed E-state index contributed by atoms with van der Waals surface area (Å²) in [5.41, 5.74) is 18.2. The molecule has 0 saturated carbocycles. The SMILES string of the molecule is Cc1ccccn1.N.c1ccc(-c2ccccc2-c2ccc3c(c2)c2cc(-c4ccccc4-c4ccccn4)ccc2n3-c2ccc3oc4cc(-c5ccccn5)c(-c5ccccn5)cc4c3c2)nc1. The molecule has 3 N–H and O–H groups in total. The first-order valence-electron chi connectivity index (χ1n) is 23.0. The number of rotatable bonds is 7. The van der Waals surface area contributed by atoms with Gasteiger partial charge in [-0.05, 0) is 144 Å². The molecule has 70 heavy (non-hydrogen) atoms. The molecule has 7 heterocycles. The van der Waals surface area contributed by atoms with Gasteiger partial charge in [0.15, 0.2) is 0 Å². The predicted molar refractivity (Wildman–Crippen MR) is 286 cm³/mol. The molecule has 13 rings (SSSR count). The van der Waals surface area contributed by atoms with Gasteiger partial charge in [-0.1, -0.05) is 91.0 Å². The van der Waals surface area contributed by atoms with E-state index < -0.39 is 0 Å². The van der Waals surface area contributed by atoms with Gasteiger partial charge in [-0.25, -0.2) is 0 Å². The lowest BCUT2D eigenvalue weighted by molar-refractivity contribution is 0.669. The van der Waals surface area contributed by atoms with Crippen molar-refractivity contribution in [2.45, 2.75) is 6.92 Å². The standard InChI is InChI=1S/C56H35N5O.C6H7N.H3N/c1-3-15-41(49-17-5-9-27-57-49)39(13-1)36-21-24-53-45(31-36)46-32-37(40-14-2-4-16-42(40)50-18-6-10-28-58-50)22-25-54(46)61(53)38-23-26-55-47(33-38)48-34-43(51-19-7-11-29-59-51)44(35-56(48)62-55)52-20-8-12-30-60-52;1-6-4-2-3-5-7-6;/h1-35H;2-5H,1H3;1H3. The second-order valence-corrected chi connectivity index (χ2v) is 16.9. The van der Waals surface area contributed by atoms with Gasteiger partial charge in [0.05, 0.1) is 33.8 Å². The van der Waals surface area contributed by atoms with Gasteiger partial charge in [-0.3, -0.25) is 24.9 Å². The molecule has 334 valence electrons. The van der Waals surface area contributed by atoms with E-state index in [9.17, 15) is 0 Å². The Bertz CT molecular complexity index is 3810. The molecular weight excluding hydrogens is 859 g/mol. The fourth-order valence-corrected chi connectivity index (χ4v) is 9.46. The van der Waals surface area contributed by atoms with Gasteiger partial charge in [-0.2, -0.15) is 0 Å². The maximum atomic E-state index is 6.61. The maximum Gasteiger partial charge on any atom is 0.136 e. The van der Waals surface area contributed by atoms with Crippen LogP contribution < -0.4 is 6.15 Å². The third kappa shape index (κ3) is 8.04. The number of aryl methyl sites for hydroxylation is 1. The molecular formula is C62H45N7O. The van der Waals surface area contributed by atoms with E-state index in [1.165, 1.54) is 0 Å². The van der Waals surface area contributed by atoms with Crippen LogP contribution in [0.25, 0.3) is 117 Å². The van der Waals surface area contributed by atoms with Gasteiger partial charge in [-0.15, -0.1) is 0 Å². The molecule has 0 fully saturated rings. The van der Waals surface area contributed by atoms with Crippen LogP contribution in [0, 0.1) is 6.92 Å². The summed E-state index contributed by atoms with van der Waals surface area (Å²) < 4.78 is 8.99. The Hall–Kier alpha value is -9.37. The summed E-state index contributed by atoms with van der Waals surface area (Å²) in [4.78, 5) is 22.9. The van der Waals surface area contributed by atoms with Crippen LogP contribution in [-0.4, -0.2) is 29.5 Å². The van der Waals surface area contributed by atoms with Crippen LogP contribution in [0.2, 0.25) is 0 Å². The Balaban J connectivity index is 0.000000616. The highest BCUT2D eigenvalue weighted by atomic mass is 16.3. The highest BCUT2D eigenvalue weighted by Gasteiger charge is 2.20. The second kappa shape index (κ2) is 18.7. The highest BCUT2D eigenvalue weighted by Crippen LogP contribution is 2.43. The summed E-state index contributed by atoms with van der Waals surface area (Å²) in [6, 6.07) is 71.6. The number of furan rings is 1. The number of benzene rings is 6. The number of nitrogens with zero attached hydrogens (tertiary/aromatic N) is 6. The quantitative estimate of drug-likeness (QED) is 0.169. The lowest BCUT2D eigenvalue weighted by Crippen LogP contribution is -1.94. The molecule has 0 saturated heterocycles. The van der Waals surface area contributed by atoms with Crippen LogP contribution in [0.3, 0.4) is 0 Å². The molecule has 7 aromatic heterocycles. The van der Waals surface area contributed by atoms with Crippen molar-refractivity contribution >= 4 is 43.7 Å². The van der Waals surface area contributed by atoms with E-state index in [2.05, 4.69) is 137 Å². The molecule has 6 aromatic carbocycles. The average Bonchev–Trinajstić information content (AvgIpc) is 3.95. The Morgan fingerprint density at radius 3 is 1.20 bits per heavy atom. The zero-order valence-corrected chi connectivity index (χ0v) is 38.3. The number of pyridine rings is 5. The van der Waals surface area contributed by atoms with Gasteiger partial charge in [0.2, 0.25) is 0 Å². The molecule has 0 aliphatic heterocycles. The van der Waals surface area contributed by atoms with Gasteiger partial charge < -0.3 is 15.1 Å². The first-order chi connectivity index (χ1) is 34.1. The van der Waals surface area contributed by atoms with Crippen LogP contribution in [0.4, 0.5) is 0 Å². The second-order valence-electron chi connectivity index (χ2n) is 16.9. The zero-order chi connectivity index (χ0) is 46.1. The van der Waals surface area contributed by atoms with Crippen LogP contribution in [0.5, 0.6) is 0 Å². The van der Waals surface area contributed by atoms with Gasteiger partial charge >= 0.3 is 0 Å². The molecule has 0 unspecified atom stereocenters. The minimum absolute atomic E-state index is 0. The fraction of sp³-hybridized carbons (Fsp3) is 0.0161. The lowest BCUT2D eigenvalue weighted by Gasteiger charge is -2.11. The molecule has 0 radical (unpaired) electrons. The Kier molecular flexibility index (Phi) is 11.6. The van der Waals surface area contributed by atoms with Crippen molar-refractivity contribution in [3.05, 3.63) is 243 Å². The molecule has 0 spiro atoms. The topological polar surface area (TPSA) is 118 Å². The van der Waals surface area contributed by atoms with E-state index >= 15 is 0 Å². The summed E-state index contributed by atoms with van der Waals surface area (Å²) in [5, 5.41) is 4.35. The molecule has 0 aliphatic carbocycles. The molecule has 13 aromatic rings. The third-order valence-corrected chi connectivity index (χ3v) is 12.7. The first kappa shape index (κ1) is 43.2. The van der Waals surface area contributed by atoms with Crippen LogP contribution in [0.1, 0.15) is 5.69 Å². The van der Waals surface area contributed by atoms with Crippen LogP contribution >= 0.6 is 0 Å². The first-order valence-corrected chi connectivity index (χ1v) is 23.0. The van der Waals surface area contributed by atoms with Crippen molar-refractivity contribution < 1.29 is 4.42 Å². The summed E-state index contributed by atoms with van der Waals surface area (Å²) in [6.07, 6.45) is 9.15. The van der Waals surface area contributed by atoms with E-state index in [0.29, 0.717) is 0 Å².